The molecule has 0 N–H and O–H groups in total. The number of ether oxygens (including phenoxy) is 1. The van der Waals surface area contributed by atoms with Crippen LogP contribution < -0.4 is 9.64 Å². The maximum atomic E-state index is 11.6. The van der Waals surface area contributed by atoms with E-state index in [4.69, 9.17) is 4.74 Å². The SMILES string of the molecule is CCc1cnc(N2CCC(n3nnc4cc(Oc5ccc(S(C)(=O)=O)cc5)ccc43)CC2)nc1. The highest BCUT2D eigenvalue weighted by Crippen LogP contribution is 2.30. The molecule has 3 heterocycles. The fourth-order valence-corrected chi connectivity index (χ4v) is 4.78. The van der Waals surface area contributed by atoms with Gasteiger partial charge in [-0.1, -0.05) is 12.1 Å². The number of sulfone groups is 1. The first-order chi connectivity index (χ1) is 16.4. The van der Waals surface area contributed by atoms with Crippen molar-refractivity contribution in [3.8, 4) is 11.5 Å². The summed E-state index contributed by atoms with van der Waals surface area (Å²) in [5.41, 5.74) is 2.86. The predicted molar refractivity (Wildman–Crippen MR) is 129 cm³/mol. The first-order valence-corrected chi connectivity index (χ1v) is 13.2. The second-order valence-electron chi connectivity index (χ2n) is 8.49. The number of benzene rings is 2. The molecule has 0 atom stereocenters. The molecule has 0 unspecified atom stereocenters. The Morgan fingerprint density at radius 2 is 1.68 bits per heavy atom. The van der Waals surface area contributed by atoms with E-state index in [1.807, 2.05) is 35.3 Å². The average Bonchev–Trinajstić information content (AvgIpc) is 3.27. The molecule has 0 spiro atoms. The van der Waals surface area contributed by atoms with Crippen LogP contribution in [0.5, 0.6) is 11.5 Å². The van der Waals surface area contributed by atoms with Crippen LogP contribution in [0.1, 0.15) is 31.4 Å². The summed E-state index contributed by atoms with van der Waals surface area (Å²) < 4.78 is 31.2. The lowest BCUT2D eigenvalue weighted by molar-refractivity contribution is 0.367. The maximum absolute atomic E-state index is 11.6. The van der Waals surface area contributed by atoms with Gasteiger partial charge in [0.15, 0.2) is 9.84 Å². The molecule has 2 aromatic carbocycles. The Kier molecular flexibility index (Phi) is 5.91. The van der Waals surface area contributed by atoms with Crippen LogP contribution in [0.2, 0.25) is 0 Å². The van der Waals surface area contributed by atoms with Gasteiger partial charge < -0.3 is 9.64 Å². The molecule has 2 aromatic heterocycles. The second-order valence-corrected chi connectivity index (χ2v) is 10.5. The van der Waals surface area contributed by atoms with Gasteiger partial charge in [-0.05, 0) is 61.2 Å². The predicted octanol–water partition coefficient (Wildman–Crippen LogP) is 3.82. The Morgan fingerprint density at radius 1 is 1.00 bits per heavy atom. The van der Waals surface area contributed by atoms with Crippen LogP contribution in [-0.2, 0) is 16.3 Å². The van der Waals surface area contributed by atoms with Gasteiger partial charge in [0.05, 0.1) is 16.5 Å². The summed E-state index contributed by atoms with van der Waals surface area (Å²) in [6, 6.07) is 12.3. The summed E-state index contributed by atoms with van der Waals surface area (Å²) in [4.78, 5) is 11.5. The van der Waals surface area contributed by atoms with Crippen LogP contribution in [0, 0.1) is 0 Å². The highest BCUT2D eigenvalue weighted by Gasteiger charge is 2.24. The molecule has 10 heteroatoms. The average molecular weight is 479 g/mol. The minimum Gasteiger partial charge on any atom is -0.457 e. The Labute approximate surface area is 198 Å². The van der Waals surface area contributed by atoms with Crippen molar-refractivity contribution in [2.24, 2.45) is 0 Å². The second kappa shape index (κ2) is 9.02. The molecule has 34 heavy (non-hydrogen) atoms. The van der Waals surface area contributed by atoms with Crippen molar-refractivity contribution in [1.29, 1.82) is 0 Å². The summed E-state index contributed by atoms with van der Waals surface area (Å²) in [7, 11) is -3.24. The zero-order chi connectivity index (χ0) is 23.7. The molecule has 0 radical (unpaired) electrons. The van der Waals surface area contributed by atoms with Crippen molar-refractivity contribution < 1.29 is 13.2 Å². The molecule has 0 amide bonds. The van der Waals surface area contributed by atoms with Crippen molar-refractivity contribution in [2.75, 3.05) is 24.2 Å². The zero-order valence-electron chi connectivity index (χ0n) is 19.1. The van der Waals surface area contributed by atoms with Crippen molar-refractivity contribution in [1.82, 2.24) is 25.0 Å². The van der Waals surface area contributed by atoms with E-state index in [2.05, 4.69) is 32.1 Å². The quantitative estimate of drug-likeness (QED) is 0.412. The van der Waals surface area contributed by atoms with E-state index in [0.717, 1.165) is 54.9 Å². The number of anilines is 1. The minimum absolute atomic E-state index is 0.256. The normalized spacial score (nSPS) is 15.1. The third-order valence-electron chi connectivity index (χ3n) is 6.12. The minimum atomic E-state index is -3.24. The molecular formula is C24H26N6O3S. The van der Waals surface area contributed by atoms with E-state index < -0.39 is 9.84 Å². The molecule has 1 saturated heterocycles. The van der Waals surface area contributed by atoms with E-state index in [1.54, 1.807) is 12.1 Å². The van der Waals surface area contributed by atoms with Gasteiger partial charge in [0.2, 0.25) is 5.95 Å². The van der Waals surface area contributed by atoms with E-state index in [9.17, 15) is 8.42 Å². The Morgan fingerprint density at radius 3 is 2.32 bits per heavy atom. The molecule has 0 aliphatic carbocycles. The number of aryl methyl sites for hydroxylation is 1. The van der Waals surface area contributed by atoms with Crippen LogP contribution in [0.3, 0.4) is 0 Å². The summed E-state index contributed by atoms with van der Waals surface area (Å²) >= 11 is 0. The number of nitrogens with zero attached hydrogens (tertiary/aromatic N) is 6. The van der Waals surface area contributed by atoms with Crippen LogP contribution in [-0.4, -0.2) is 52.7 Å². The third-order valence-corrected chi connectivity index (χ3v) is 7.25. The van der Waals surface area contributed by atoms with E-state index in [0.29, 0.717) is 11.5 Å². The fraction of sp³-hybridized carbons (Fsp3) is 0.333. The van der Waals surface area contributed by atoms with Crippen LogP contribution in [0.15, 0.2) is 59.8 Å². The molecule has 5 rings (SSSR count). The number of aromatic nitrogens is 5. The van der Waals surface area contributed by atoms with Gasteiger partial charge in [-0.2, -0.15) is 0 Å². The smallest absolute Gasteiger partial charge is 0.225 e. The topological polar surface area (TPSA) is 103 Å². The number of piperidine rings is 1. The van der Waals surface area contributed by atoms with Gasteiger partial charge in [-0.15, -0.1) is 5.10 Å². The summed E-state index contributed by atoms with van der Waals surface area (Å²) in [6.45, 7) is 3.82. The third kappa shape index (κ3) is 4.58. The highest BCUT2D eigenvalue weighted by molar-refractivity contribution is 7.90. The first kappa shape index (κ1) is 22.3. The van der Waals surface area contributed by atoms with E-state index in [-0.39, 0.29) is 10.9 Å². The number of hydrogen-bond acceptors (Lipinski definition) is 8. The van der Waals surface area contributed by atoms with Crippen LogP contribution in [0.4, 0.5) is 5.95 Å². The molecule has 0 bridgehead atoms. The molecule has 176 valence electrons. The van der Waals surface area contributed by atoms with Gasteiger partial charge in [-0.3, -0.25) is 0 Å². The van der Waals surface area contributed by atoms with Crippen molar-refractivity contribution >= 4 is 26.8 Å². The fourth-order valence-electron chi connectivity index (χ4n) is 4.15. The Hall–Kier alpha value is -3.53. The summed E-state index contributed by atoms with van der Waals surface area (Å²) in [6.07, 6.45) is 7.79. The highest BCUT2D eigenvalue weighted by atomic mass is 32.2. The molecule has 9 nitrogen and oxygen atoms in total. The largest absolute Gasteiger partial charge is 0.457 e. The van der Waals surface area contributed by atoms with Gasteiger partial charge >= 0.3 is 0 Å². The number of hydrogen-bond donors (Lipinski definition) is 0. The summed E-state index contributed by atoms with van der Waals surface area (Å²) in [5, 5.41) is 8.78. The van der Waals surface area contributed by atoms with E-state index >= 15 is 0 Å². The molecule has 1 aliphatic heterocycles. The van der Waals surface area contributed by atoms with Crippen molar-refractivity contribution in [2.45, 2.75) is 37.1 Å². The maximum Gasteiger partial charge on any atom is 0.225 e. The lowest BCUT2D eigenvalue weighted by atomic mass is 10.1. The van der Waals surface area contributed by atoms with Gasteiger partial charge in [-0.25, -0.2) is 23.1 Å². The molecule has 1 fully saturated rings. The molecule has 0 saturated carbocycles. The van der Waals surface area contributed by atoms with Gasteiger partial charge in [0, 0.05) is 37.8 Å². The lowest BCUT2D eigenvalue weighted by Crippen LogP contribution is -2.36. The molecule has 1 aliphatic rings. The number of fused-ring (bicyclic) bond motifs is 1. The monoisotopic (exact) mass is 478 g/mol. The number of rotatable bonds is 6. The zero-order valence-corrected chi connectivity index (χ0v) is 19.9. The van der Waals surface area contributed by atoms with Gasteiger partial charge in [0.1, 0.15) is 17.0 Å². The molecular weight excluding hydrogens is 452 g/mol. The Bertz CT molecular complexity index is 1390. The molecule has 4 aromatic rings. The van der Waals surface area contributed by atoms with Crippen LogP contribution >= 0.6 is 0 Å². The summed E-state index contributed by atoms with van der Waals surface area (Å²) in [5.74, 6) is 1.96. The van der Waals surface area contributed by atoms with Gasteiger partial charge in [0.25, 0.3) is 0 Å². The van der Waals surface area contributed by atoms with Crippen molar-refractivity contribution in [3.63, 3.8) is 0 Å². The first-order valence-electron chi connectivity index (χ1n) is 11.3. The van der Waals surface area contributed by atoms with Crippen LogP contribution in [0.25, 0.3) is 11.0 Å². The lowest BCUT2D eigenvalue weighted by Gasteiger charge is -2.32. The Balaban J connectivity index is 1.27. The standard InChI is InChI=1S/C24H26N6O3S/c1-3-17-15-25-24(26-16-17)29-12-10-18(11-13-29)30-23-9-6-20(14-22(23)27-28-30)33-19-4-7-21(8-5-19)34(2,31)32/h4-9,14-16,18H,3,10-13H2,1-2H3. The van der Waals surface area contributed by atoms with Crippen molar-refractivity contribution in [3.05, 3.63) is 60.4 Å². The van der Waals surface area contributed by atoms with E-state index in [1.165, 1.54) is 18.4 Å².